The molecule has 0 aliphatic heterocycles. The second-order valence-electron chi connectivity index (χ2n) is 7.37. The lowest BCUT2D eigenvalue weighted by Gasteiger charge is -2.34. The van der Waals surface area contributed by atoms with E-state index < -0.39 is 0 Å². The van der Waals surface area contributed by atoms with E-state index in [1.54, 1.807) is 11.8 Å². The van der Waals surface area contributed by atoms with Crippen LogP contribution in [0.15, 0.2) is 40.3 Å². The summed E-state index contributed by atoms with van der Waals surface area (Å²) in [6.07, 6.45) is 4.35. The first-order valence-corrected chi connectivity index (χ1v) is 9.31. The van der Waals surface area contributed by atoms with Crippen molar-refractivity contribution in [2.45, 2.75) is 63.5 Å². The molecule has 0 bridgehead atoms. The van der Waals surface area contributed by atoms with Gasteiger partial charge in [-0.15, -0.1) is 11.8 Å². The van der Waals surface area contributed by atoms with Crippen LogP contribution < -0.4 is 5.43 Å². The van der Waals surface area contributed by atoms with E-state index in [1.807, 2.05) is 37.3 Å². The molecule has 0 unspecified atom stereocenters. The largest absolute Gasteiger partial charge is 0.272 e. The second kappa shape index (κ2) is 8.00. The molecule has 0 aromatic heterocycles. The van der Waals surface area contributed by atoms with Gasteiger partial charge in [0.2, 0.25) is 0 Å². The number of nitrogens with one attached hydrogen (secondary N) is 1. The van der Waals surface area contributed by atoms with Gasteiger partial charge in [0.05, 0.1) is 5.25 Å². The molecular formula is C19H28N2OS. The van der Waals surface area contributed by atoms with E-state index in [0.717, 1.165) is 29.4 Å². The van der Waals surface area contributed by atoms with Crippen molar-refractivity contribution < 1.29 is 4.79 Å². The molecule has 0 saturated heterocycles. The van der Waals surface area contributed by atoms with E-state index in [1.165, 1.54) is 12.8 Å². The molecule has 2 rings (SSSR count). The van der Waals surface area contributed by atoms with Gasteiger partial charge in [-0.2, -0.15) is 5.10 Å². The number of carbonyl (C=O) groups is 1. The summed E-state index contributed by atoms with van der Waals surface area (Å²) >= 11 is 1.56. The summed E-state index contributed by atoms with van der Waals surface area (Å²) in [5.41, 5.74) is 4.26. The summed E-state index contributed by atoms with van der Waals surface area (Å²) in [6, 6.07) is 10.00. The molecule has 1 aliphatic rings. The Bertz CT molecular complexity index is 538. The zero-order chi connectivity index (χ0) is 16.9. The Morgan fingerprint density at radius 3 is 2.39 bits per heavy atom. The predicted octanol–water partition coefficient (Wildman–Crippen LogP) is 4.88. The summed E-state index contributed by atoms with van der Waals surface area (Å²) in [5, 5.41) is 4.22. The molecule has 1 saturated carbocycles. The number of amides is 1. The quantitative estimate of drug-likeness (QED) is 0.631. The maximum Gasteiger partial charge on any atom is 0.253 e. The van der Waals surface area contributed by atoms with Gasteiger partial charge in [-0.1, -0.05) is 39.0 Å². The van der Waals surface area contributed by atoms with Gasteiger partial charge in [0.25, 0.3) is 5.91 Å². The maximum absolute atomic E-state index is 12.2. The van der Waals surface area contributed by atoms with Gasteiger partial charge in [-0.05, 0) is 56.1 Å². The van der Waals surface area contributed by atoms with Crippen LogP contribution in [0.25, 0.3) is 0 Å². The molecule has 23 heavy (non-hydrogen) atoms. The minimum absolute atomic E-state index is 0.0238. The Morgan fingerprint density at radius 2 is 1.83 bits per heavy atom. The number of rotatable bonds is 4. The fraction of sp³-hybridized carbons (Fsp3) is 0.579. The van der Waals surface area contributed by atoms with Crippen molar-refractivity contribution in [3.8, 4) is 0 Å². The molecule has 1 aromatic carbocycles. The average molecular weight is 333 g/mol. The minimum atomic E-state index is -0.146. The van der Waals surface area contributed by atoms with Gasteiger partial charge in [0.15, 0.2) is 0 Å². The number of carbonyl (C=O) groups excluding carboxylic acids is 1. The second-order valence-corrected chi connectivity index (χ2v) is 8.78. The monoisotopic (exact) mass is 332 g/mol. The molecule has 1 aromatic rings. The molecule has 0 heterocycles. The Hall–Kier alpha value is -1.29. The van der Waals surface area contributed by atoms with E-state index in [2.05, 4.69) is 31.3 Å². The van der Waals surface area contributed by atoms with Crippen LogP contribution in [0, 0.1) is 11.3 Å². The summed E-state index contributed by atoms with van der Waals surface area (Å²) in [4.78, 5) is 13.3. The lowest BCUT2D eigenvalue weighted by molar-refractivity contribution is -0.120. The van der Waals surface area contributed by atoms with Crippen LogP contribution in [-0.4, -0.2) is 16.9 Å². The topological polar surface area (TPSA) is 41.5 Å². The van der Waals surface area contributed by atoms with Crippen LogP contribution in [0.1, 0.15) is 53.4 Å². The van der Waals surface area contributed by atoms with E-state index >= 15 is 0 Å². The van der Waals surface area contributed by atoms with Gasteiger partial charge in [-0.25, -0.2) is 5.43 Å². The van der Waals surface area contributed by atoms with Crippen molar-refractivity contribution in [3.05, 3.63) is 30.3 Å². The van der Waals surface area contributed by atoms with Crippen molar-refractivity contribution in [3.63, 3.8) is 0 Å². The summed E-state index contributed by atoms with van der Waals surface area (Å²) in [5.74, 6) is 0.731. The van der Waals surface area contributed by atoms with Crippen LogP contribution in [0.4, 0.5) is 0 Å². The van der Waals surface area contributed by atoms with Crippen LogP contribution in [0.5, 0.6) is 0 Å². The highest BCUT2D eigenvalue weighted by molar-refractivity contribution is 8.00. The molecule has 1 atom stereocenters. The Morgan fingerprint density at radius 1 is 1.22 bits per heavy atom. The van der Waals surface area contributed by atoms with Crippen molar-refractivity contribution >= 4 is 23.4 Å². The van der Waals surface area contributed by atoms with Crippen LogP contribution in [-0.2, 0) is 4.79 Å². The van der Waals surface area contributed by atoms with Gasteiger partial charge in [0.1, 0.15) is 0 Å². The first-order chi connectivity index (χ1) is 10.9. The van der Waals surface area contributed by atoms with E-state index in [4.69, 9.17) is 0 Å². The first kappa shape index (κ1) is 18.1. The predicted molar refractivity (Wildman–Crippen MR) is 98.8 cm³/mol. The SMILES string of the molecule is C[C@H](Sc1ccccc1)C(=O)NN=C1CCC(C(C)(C)C)CC1. The number of benzene rings is 1. The van der Waals surface area contributed by atoms with E-state index in [-0.39, 0.29) is 11.2 Å². The zero-order valence-corrected chi connectivity index (χ0v) is 15.5. The average Bonchev–Trinajstić information content (AvgIpc) is 2.53. The molecule has 126 valence electrons. The smallest absolute Gasteiger partial charge is 0.253 e. The van der Waals surface area contributed by atoms with Gasteiger partial charge in [-0.3, -0.25) is 4.79 Å². The van der Waals surface area contributed by atoms with Gasteiger partial charge in [0, 0.05) is 10.6 Å². The number of nitrogens with zero attached hydrogens (tertiary/aromatic N) is 1. The molecule has 1 N–H and O–H groups in total. The number of hydrogen-bond donors (Lipinski definition) is 1. The van der Waals surface area contributed by atoms with Gasteiger partial charge < -0.3 is 0 Å². The van der Waals surface area contributed by atoms with Crippen LogP contribution in [0.3, 0.4) is 0 Å². The van der Waals surface area contributed by atoms with E-state index in [9.17, 15) is 4.79 Å². The molecular weight excluding hydrogens is 304 g/mol. The molecule has 3 nitrogen and oxygen atoms in total. The van der Waals surface area contributed by atoms with Crippen LogP contribution in [0.2, 0.25) is 0 Å². The van der Waals surface area contributed by atoms with Crippen molar-refractivity contribution in [1.82, 2.24) is 5.43 Å². The maximum atomic E-state index is 12.2. The molecule has 1 aliphatic carbocycles. The third-order valence-electron chi connectivity index (χ3n) is 4.54. The molecule has 1 fully saturated rings. The molecule has 0 spiro atoms. The van der Waals surface area contributed by atoms with Crippen molar-refractivity contribution in [2.24, 2.45) is 16.4 Å². The van der Waals surface area contributed by atoms with Gasteiger partial charge >= 0.3 is 0 Å². The van der Waals surface area contributed by atoms with Crippen molar-refractivity contribution in [1.29, 1.82) is 0 Å². The standard InChI is InChI=1S/C19H28N2OS/c1-14(23-17-8-6-5-7-9-17)18(22)21-20-16-12-10-15(11-13-16)19(2,3)4/h5-9,14-15H,10-13H2,1-4H3,(H,21,22)/t14-,15?/m0/s1. The Kier molecular flexibility index (Phi) is 6.28. The first-order valence-electron chi connectivity index (χ1n) is 8.43. The number of hydrogen-bond acceptors (Lipinski definition) is 3. The normalized spacial score (nSPS) is 20.0. The Labute approximate surface area is 144 Å². The van der Waals surface area contributed by atoms with E-state index in [0.29, 0.717) is 5.41 Å². The summed E-state index contributed by atoms with van der Waals surface area (Å²) < 4.78 is 0. The zero-order valence-electron chi connectivity index (χ0n) is 14.6. The highest BCUT2D eigenvalue weighted by atomic mass is 32.2. The third kappa shape index (κ3) is 5.69. The highest BCUT2D eigenvalue weighted by Gasteiger charge is 2.28. The molecule has 1 amide bonds. The molecule has 0 radical (unpaired) electrons. The minimum Gasteiger partial charge on any atom is -0.272 e. The number of thioether (sulfide) groups is 1. The third-order valence-corrected chi connectivity index (χ3v) is 5.65. The number of hydrazone groups is 1. The summed E-state index contributed by atoms with van der Waals surface area (Å²) in [6.45, 7) is 8.85. The fourth-order valence-electron chi connectivity index (χ4n) is 2.91. The fourth-order valence-corrected chi connectivity index (χ4v) is 3.79. The van der Waals surface area contributed by atoms with Crippen molar-refractivity contribution in [2.75, 3.05) is 0 Å². The lowest BCUT2D eigenvalue weighted by atomic mass is 9.72. The lowest BCUT2D eigenvalue weighted by Crippen LogP contribution is -2.30. The summed E-state index contributed by atoms with van der Waals surface area (Å²) in [7, 11) is 0. The van der Waals surface area contributed by atoms with Crippen LogP contribution >= 0.6 is 11.8 Å². The highest BCUT2D eigenvalue weighted by Crippen LogP contribution is 2.36. The molecule has 4 heteroatoms. The Balaban J connectivity index is 1.80.